The van der Waals surface area contributed by atoms with E-state index in [0.29, 0.717) is 34.1 Å². The molecule has 4 aromatic rings. The highest BCUT2D eigenvalue weighted by molar-refractivity contribution is 6.04. The van der Waals surface area contributed by atoms with Crippen LogP contribution in [0.15, 0.2) is 47.5 Å². The highest BCUT2D eigenvalue weighted by atomic mass is 19.4. The Bertz CT molecular complexity index is 1370. The van der Waals surface area contributed by atoms with Gasteiger partial charge in [-0.05, 0) is 43.0 Å². The van der Waals surface area contributed by atoms with Gasteiger partial charge in [-0.2, -0.15) is 22.7 Å². The third-order valence-corrected chi connectivity index (χ3v) is 5.65. The van der Waals surface area contributed by atoms with Gasteiger partial charge in [0.1, 0.15) is 6.54 Å². The molecule has 1 atom stereocenters. The number of fused-ring (bicyclic) bond motifs is 3. The number of nitrogens with zero attached hydrogens (tertiary/aromatic N) is 4. The molecule has 0 spiro atoms. The van der Waals surface area contributed by atoms with Crippen molar-refractivity contribution in [2.45, 2.75) is 38.2 Å². The van der Waals surface area contributed by atoms with E-state index in [1.54, 1.807) is 16.8 Å². The Hall–Kier alpha value is -3.27. The number of alkyl halides is 3. The van der Waals surface area contributed by atoms with Crippen LogP contribution >= 0.6 is 0 Å². The molecule has 1 aliphatic rings. The highest BCUT2D eigenvalue weighted by Gasteiger charge is 2.31. The molecule has 0 bridgehead atoms. The first-order valence-corrected chi connectivity index (χ1v) is 10.2. The SMILES string of the molecule is O=c1c2cnn(C3CCCCO3)c2c2ccc(-c3cccnc3F)cc2n1CC(F)(F)F. The molecule has 1 aromatic carbocycles. The van der Waals surface area contributed by atoms with Crippen molar-refractivity contribution in [1.29, 1.82) is 0 Å². The zero-order chi connectivity index (χ0) is 22.5. The molecule has 32 heavy (non-hydrogen) atoms. The minimum absolute atomic E-state index is 0.0399. The van der Waals surface area contributed by atoms with Crippen LogP contribution < -0.4 is 5.56 Å². The lowest BCUT2D eigenvalue weighted by molar-refractivity contribution is -0.140. The maximum atomic E-state index is 14.2. The number of halogens is 4. The second kappa shape index (κ2) is 7.70. The van der Waals surface area contributed by atoms with E-state index in [1.807, 2.05) is 0 Å². The molecule has 3 aromatic heterocycles. The molecule has 4 heterocycles. The first-order chi connectivity index (χ1) is 15.3. The van der Waals surface area contributed by atoms with Crippen LogP contribution in [-0.2, 0) is 11.3 Å². The van der Waals surface area contributed by atoms with Gasteiger partial charge in [-0.1, -0.05) is 12.1 Å². The molecule has 5 rings (SSSR count). The van der Waals surface area contributed by atoms with E-state index in [4.69, 9.17) is 4.74 Å². The molecule has 10 heteroatoms. The summed E-state index contributed by atoms with van der Waals surface area (Å²) in [6.45, 7) is -0.929. The molecule has 0 N–H and O–H groups in total. The number of hydrogen-bond acceptors (Lipinski definition) is 4. The number of pyridine rings is 2. The van der Waals surface area contributed by atoms with Crippen molar-refractivity contribution in [2.75, 3.05) is 6.61 Å². The van der Waals surface area contributed by atoms with Gasteiger partial charge in [0.25, 0.3) is 5.56 Å². The minimum atomic E-state index is -4.62. The number of rotatable bonds is 3. The van der Waals surface area contributed by atoms with Crippen molar-refractivity contribution in [3.05, 3.63) is 59.0 Å². The Morgan fingerprint density at radius 2 is 2.00 bits per heavy atom. The smallest absolute Gasteiger partial charge is 0.356 e. The Morgan fingerprint density at radius 1 is 1.16 bits per heavy atom. The largest absolute Gasteiger partial charge is 0.406 e. The predicted molar refractivity (Wildman–Crippen MR) is 110 cm³/mol. The van der Waals surface area contributed by atoms with Crippen LogP contribution in [0, 0.1) is 5.95 Å². The van der Waals surface area contributed by atoms with Gasteiger partial charge < -0.3 is 4.74 Å². The van der Waals surface area contributed by atoms with Crippen LogP contribution in [0.1, 0.15) is 25.5 Å². The van der Waals surface area contributed by atoms with E-state index in [0.717, 1.165) is 12.8 Å². The van der Waals surface area contributed by atoms with Gasteiger partial charge in [-0.3, -0.25) is 9.36 Å². The Balaban J connectivity index is 1.82. The molecule has 1 fully saturated rings. The van der Waals surface area contributed by atoms with E-state index in [-0.39, 0.29) is 16.5 Å². The van der Waals surface area contributed by atoms with Crippen molar-refractivity contribution in [3.8, 4) is 11.1 Å². The average molecular weight is 446 g/mol. The summed E-state index contributed by atoms with van der Waals surface area (Å²) in [7, 11) is 0. The summed E-state index contributed by atoms with van der Waals surface area (Å²) in [5.41, 5.74) is 0.0877. The fourth-order valence-corrected chi connectivity index (χ4v) is 4.24. The lowest BCUT2D eigenvalue weighted by atomic mass is 10.0. The summed E-state index contributed by atoms with van der Waals surface area (Å²) in [6, 6.07) is 7.59. The van der Waals surface area contributed by atoms with Crippen LogP contribution in [-0.4, -0.2) is 32.1 Å². The van der Waals surface area contributed by atoms with Crippen LogP contribution in [0.25, 0.3) is 32.9 Å². The predicted octanol–water partition coefficient (Wildman–Crippen LogP) is 4.81. The van der Waals surface area contributed by atoms with Gasteiger partial charge in [0.2, 0.25) is 5.95 Å². The lowest BCUT2D eigenvalue weighted by Gasteiger charge is -2.24. The molecule has 0 amide bonds. The van der Waals surface area contributed by atoms with Crippen LogP contribution in [0.3, 0.4) is 0 Å². The van der Waals surface area contributed by atoms with Crippen molar-refractivity contribution in [1.82, 2.24) is 19.3 Å². The standard InChI is InChI=1S/C22H18F4N4O2/c23-20-14(4-3-8-27-20)13-6-7-15-17(10-13)29(12-22(24,25)26)21(31)16-11-28-30(19(15)16)18-5-1-2-9-32-18/h3-4,6-8,10-11,18H,1-2,5,9,12H2. The van der Waals surface area contributed by atoms with Gasteiger partial charge in [0, 0.05) is 23.8 Å². The topological polar surface area (TPSA) is 61.9 Å². The van der Waals surface area contributed by atoms with E-state index < -0.39 is 30.5 Å². The maximum absolute atomic E-state index is 14.2. The van der Waals surface area contributed by atoms with Crippen LogP contribution in [0.5, 0.6) is 0 Å². The molecule has 0 saturated carbocycles. The first kappa shape index (κ1) is 20.6. The second-order valence-corrected chi connectivity index (χ2v) is 7.75. The van der Waals surface area contributed by atoms with Crippen molar-refractivity contribution >= 4 is 21.8 Å². The maximum Gasteiger partial charge on any atom is 0.406 e. The third-order valence-electron chi connectivity index (χ3n) is 5.65. The highest BCUT2D eigenvalue weighted by Crippen LogP contribution is 2.33. The first-order valence-electron chi connectivity index (χ1n) is 10.2. The zero-order valence-corrected chi connectivity index (χ0v) is 16.8. The Labute approximate surface area is 179 Å². The molecule has 0 radical (unpaired) electrons. The van der Waals surface area contributed by atoms with E-state index in [2.05, 4.69) is 10.1 Å². The molecule has 1 unspecified atom stereocenters. The van der Waals surface area contributed by atoms with Gasteiger partial charge >= 0.3 is 6.18 Å². The fraction of sp³-hybridized carbons (Fsp3) is 0.318. The van der Waals surface area contributed by atoms with Crippen LogP contribution in [0.2, 0.25) is 0 Å². The van der Waals surface area contributed by atoms with Gasteiger partial charge in [0.15, 0.2) is 6.23 Å². The monoisotopic (exact) mass is 446 g/mol. The number of hydrogen-bond donors (Lipinski definition) is 0. The normalized spacial score (nSPS) is 17.3. The van der Waals surface area contributed by atoms with Crippen LogP contribution in [0.4, 0.5) is 17.6 Å². The van der Waals surface area contributed by atoms with E-state index >= 15 is 0 Å². The fourth-order valence-electron chi connectivity index (χ4n) is 4.24. The summed E-state index contributed by atoms with van der Waals surface area (Å²) in [5.74, 6) is -0.752. The molecular formula is C22H18F4N4O2. The molecule has 1 aliphatic heterocycles. The quantitative estimate of drug-likeness (QED) is 0.335. The zero-order valence-electron chi connectivity index (χ0n) is 16.8. The molecule has 166 valence electrons. The summed E-state index contributed by atoms with van der Waals surface area (Å²) >= 11 is 0. The molecule has 1 saturated heterocycles. The Morgan fingerprint density at radius 3 is 2.72 bits per heavy atom. The van der Waals surface area contributed by atoms with Gasteiger partial charge in [-0.15, -0.1) is 0 Å². The third kappa shape index (κ3) is 3.54. The van der Waals surface area contributed by atoms with E-state index in [1.165, 1.54) is 30.6 Å². The van der Waals surface area contributed by atoms with Crippen molar-refractivity contribution in [3.63, 3.8) is 0 Å². The number of ether oxygens (including phenoxy) is 1. The van der Waals surface area contributed by atoms with E-state index in [9.17, 15) is 22.4 Å². The summed E-state index contributed by atoms with van der Waals surface area (Å²) in [5, 5.41) is 4.78. The average Bonchev–Trinajstić information content (AvgIpc) is 3.22. The minimum Gasteiger partial charge on any atom is -0.356 e. The Kier molecular flexibility index (Phi) is 4.96. The van der Waals surface area contributed by atoms with Crippen molar-refractivity contribution < 1.29 is 22.3 Å². The second-order valence-electron chi connectivity index (χ2n) is 7.75. The van der Waals surface area contributed by atoms with Gasteiger partial charge in [0.05, 0.1) is 22.6 Å². The number of aromatic nitrogens is 4. The van der Waals surface area contributed by atoms with Gasteiger partial charge in [-0.25, -0.2) is 9.67 Å². The molecular weight excluding hydrogens is 428 g/mol. The molecule has 6 nitrogen and oxygen atoms in total. The summed E-state index contributed by atoms with van der Waals surface area (Å²) < 4.78 is 62.4. The molecule has 0 aliphatic carbocycles. The number of benzene rings is 1. The van der Waals surface area contributed by atoms with Crippen molar-refractivity contribution in [2.24, 2.45) is 0 Å². The lowest BCUT2D eigenvalue weighted by Crippen LogP contribution is -2.29. The summed E-state index contributed by atoms with van der Waals surface area (Å²) in [4.78, 5) is 16.7. The summed E-state index contributed by atoms with van der Waals surface area (Å²) in [6.07, 6.45) is 0.0556.